The van der Waals surface area contributed by atoms with Gasteiger partial charge in [-0.2, -0.15) is 0 Å². The van der Waals surface area contributed by atoms with Crippen LogP contribution in [0.1, 0.15) is 23.5 Å². The highest BCUT2D eigenvalue weighted by atomic mass is 32.1. The molecular weight excluding hydrogens is 312 g/mol. The van der Waals surface area contributed by atoms with Crippen LogP contribution in [0.2, 0.25) is 0 Å². The fourth-order valence-corrected chi connectivity index (χ4v) is 3.88. The molecule has 0 radical (unpaired) electrons. The smallest absolute Gasteiger partial charge is 0.226 e. The van der Waals surface area contributed by atoms with Crippen molar-refractivity contribution in [3.05, 3.63) is 16.1 Å². The Morgan fingerprint density at radius 3 is 2.78 bits per heavy atom. The molecule has 0 bridgehead atoms. The van der Waals surface area contributed by atoms with Crippen LogP contribution in [0.3, 0.4) is 0 Å². The summed E-state index contributed by atoms with van der Waals surface area (Å²) in [5.41, 5.74) is 0.896. The van der Waals surface area contributed by atoms with Gasteiger partial charge in [0.2, 0.25) is 5.91 Å². The summed E-state index contributed by atoms with van der Waals surface area (Å²) >= 11 is 1.67. The minimum atomic E-state index is 0.0660. The van der Waals surface area contributed by atoms with E-state index < -0.39 is 0 Å². The van der Waals surface area contributed by atoms with Gasteiger partial charge in [-0.25, -0.2) is 4.98 Å². The number of thiazole rings is 1. The van der Waals surface area contributed by atoms with Gasteiger partial charge in [0.05, 0.1) is 31.9 Å². The van der Waals surface area contributed by atoms with Gasteiger partial charge in [0.25, 0.3) is 0 Å². The molecule has 3 heterocycles. The normalized spacial score (nSPS) is 20.0. The number of morpholine rings is 1. The van der Waals surface area contributed by atoms with E-state index >= 15 is 0 Å². The predicted octanol–water partition coefficient (Wildman–Crippen LogP) is 0.730. The number of hydrogen-bond acceptors (Lipinski definition) is 6. The third-order valence-electron chi connectivity index (χ3n) is 4.35. The van der Waals surface area contributed by atoms with E-state index in [2.05, 4.69) is 20.1 Å². The van der Waals surface area contributed by atoms with Gasteiger partial charge in [0, 0.05) is 31.6 Å². The molecule has 0 saturated carbocycles. The van der Waals surface area contributed by atoms with Gasteiger partial charge in [-0.3, -0.25) is 14.6 Å². The largest absolute Gasteiger partial charge is 0.379 e. The van der Waals surface area contributed by atoms with Crippen LogP contribution >= 0.6 is 11.3 Å². The summed E-state index contributed by atoms with van der Waals surface area (Å²) in [6.07, 6.45) is 2.98. The fraction of sp³-hybridized carbons (Fsp3) is 0.750. The van der Waals surface area contributed by atoms with Crippen LogP contribution in [0.5, 0.6) is 0 Å². The molecule has 23 heavy (non-hydrogen) atoms. The molecule has 7 heteroatoms. The van der Waals surface area contributed by atoms with Crippen molar-refractivity contribution < 1.29 is 9.53 Å². The van der Waals surface area contributed by atoms with Crippen molar-refractivity contribution in [3.63, 3.8) is 0 Å². The molecule has 6 nitrogen and oxygen atoms in total. The maximum Gasteiger partial charge on any atom is 0.226 e. The van der Waals surface area contributed by atoms with Crippen LogP contribution < -0.4 is 5.32 Å². The first kappa shape index (κ1) is 16.8. The Morgan fingerprint density at radius 1 is 1.22 bits per heavy atom. The van der Waals surface area contributed by atoms with E-state index in [-0.39, 0.29) is 5.91 Å². The first-order valence-electron chi connectivity index (χ1n) is 8.52. The van der Waals surface area contributed by atoms with Crippen LogP contribution in [-0.2, 0) is 22.5 Å². The Bertz CT molecular complexity index is 496. The van der Waals surface area contributed by atoms with E-state index in [1.807, 2.05) is 5.38 Å². The summed E-state index contributed by atoms with van der Waals surface area (Å²) in [5.74, 6) is 0.0660. The van der Waals surface area contributed by atoms with Crippen molar-refractivity contribution in [3.8, 4) is 0 Å². The molecule has 2 aliphatic heterocycles. The molecule has 0 aliphatic carbocycles. The van der Waals surface area contributed by atoms with Crippen LogP contribution in [-0.4, -0.2) is 73.2 Å². The highest BCUT2D eigenvalue weighted by molar-refractivity contribution is 7.09. The molecule has 1 aromatic heterocycles. The molecular formula is C16H26N4O2S. The molecule has 128 valence electrons. The number of nitrogens with one attached hydrogen (secondary N) is 1. The van der Waals surface area contributed by atoms with Crippen LogP contribution in [0, 0.1) is 0 Å². The molecule has 0 unspecified atom stereocenters. The Morgan fingerprint density at radius 2 is 2.00 bits per heavy atom. The summed E-state index contributed by atoms with van der Waals surface area (Å²) in [6.45, 7) is 8.40. The van der Waals surface area contributed by atoms with Gasteiger partial charge in [0.1, 0.15) is 5.01 Å². The monoisotopic (exact) mass is 338 g/mol. The van der Waals surface area contributed by atoms with E-state index in [9.17, 15) is 4.79 Å². The van der Waals surface area contributed by atoms with E-state index in [4.69, 9.17) is 4.74 Å². The van der Waals surface area contributed by atoms with E-state index in [1.54, 1.807) is 11.3 Å². The number of amides is 1. The van der Waals surface area contributed by atoms with Crippen LogP contribution in [0.4, 0.5) is 0 Å². The zero-order valence-electron chi connectivity index (χ0n) is 13.6. The van der Waals surface area contributed by atoms with Crippen molar-refractivity contribution >= 4 is 17.2 Å². The topological polar surface area (TPSA) is 57.7 Å². The number of carbonyl (C=O) groups is 1. The summed E-state index contributed by atoms with van der Waals surface area (Å²) in [7, 11) is 0. The van der Waals surface area contributed by atoms with Crippen molar-refractivity contribution in [2.45, 2.75) is 25.8 Å². The maximum absolute atomic E-state index is 12.0. The molecule has 3 rings (SSSR count). The second kappa shape index (κ2) is 8.73. The van der Waals surface area contributed by atoms with Gasteiger partial charge in [-0.15, -0.1) is 11.3 Å². The van der Waals surface area contributed by atoms with Crippen molar-refractivity contribution in [2.24, 2.45) is 0 Å². The van der Waals surface area contributed by atoms with Gasteiger partial charge in [-0.1, -0.05) is 0 Å². The molecule has 0 atom stereocenters. The molecule has 1 aromatic rings. The quantitative estimate of drug-likeness (QED) is 0.794. The lowest BCUT2D eigenvalue weighted by Crippen LogP contribution is -2.41. The summed E-state index contributed by atoms with van der Waals surface area (Å²) in [5, 5.41) is 6.14. The molecule has 2 saturated heterocycles. The number of carbonyl (C=O) groups excluding carboxylic acids is 1. The number of aromatic nitrogens is 1. The second-order valence-corrected chi connectivity index (χ2v) is 7.14. The maximum atomic E-state index is 12.0. The molecule has 1 amide bonds. The lowest BCUT2D eigenvalue weighted by atomic mass is 10.3. The molecule has 0 aromatic carbocycles. The Kier molecular flexibility index (Phi) is 6.38. The average molecular weight is 338 g/mol. The number of nitrogens with zero attached hydrogens (tertiary/aromatic N) is 3. The number of likely N-dealkylation sites (tertiary alicyclic amines) is 1. The molecule has 0 spiro atoms. The van der Waals surface area contributed by atoms with Crippen molar-refractivity contribution in [1.29, 1.82) is 0 Å². The van der Waals surface area contributed by atoms with Crippen LogP contribution in [0.15, 0.2) is 5.38 Å². The SMILES string of the molecule is O=C(Cc1csc(CN2CCCC2)n1)NCCN1CCOCC1. The first-order chi connectivity index (χ1) is 11.3. The third-order valence-corrected chi connectivity index (χ3v) is 5.23. The van der Waals surface area contributed by atoms with E-state index in [1.165, 1.54) is 25.9 Å². The zero-order chi connectivity index (χ0) is 15.9. The summed E-state index contributed by atoms with van der Waals surface area (Å²) in [4.78, 5) is 21.4. The first-order valence-corrected chi connectivity index (χ1v) is 9.40. The van der Waals surface area contributed by atoms with Crippen molar-refractivity contribution in [1.82, 2.24) is 20.1 Å². The van der Waals surface area contributed by atoms with Gasteiger partial charge in [0.15, 0.2) is 0 Å². The number of rotatable bonds is 7. The minimum absolute atomic E-state index is 0.0660. The molecule has 2 aliphatic rings. The van der Waals surface area contributed by atoms with Gasteiger partial charge < -0.3 is 10.1 Å². The number of ether oxygens (including phenoxy) is 1. The third kappa shape index (κ3) is 5.53. The highest BCUT2D eigenvalue weighted by Gasteiger charge is 2.15. The lowest BCUT2D eigenvalue weighted by Gasteiger charge is -2.26. The fourth-order valence-electron chi connectivity index (χ4n) is 3.04. The Balaban J connectivity index is 1.35. The summed E-state index contributed by atoms with van der Waals surface area (Å²) < 4.78 is 5.32. The standard InChI is InChI=1S/C16H26N4O2S/c21-15(17-3-6-19-7-9-22-10-8-19)11-14-13-23-16(18-14)12-20-4-1-2-5-20/h13H,1-12H2,(H,17,21). The summed E-state index contributed by atoms with van der Waals surface area (Å²) in [6, 6.07) is 0. The van der Waals surface area contributed by atoms with E-state index in [0.717, 1.165) is 50.1 Å². The zero-order valence-corrected chi connectivity index (χ0v) is 14.4. The predicted molar refractivity (Wildman–Crippen MR) is 90.6 cm³/mol. The van der Waals surface area contributed by atoms with Crippen LogP contribution in [0.25, 0.3) is 0 Å². The molecule has 1 N–H and O–H groups in total. The van der Waals surface area contributed by atoms with Gasteiger partial charge >= 0.3 is 0 Å². The Labute approximate surface area is 141 Å². The van der Waals surface area contributed by atoms with Gasteiger partial charge in [-0.05, 0) is 25.9 Å². The average Bonchev–Trinajstić information content (AvgIpc) is 3.21. The molecule has 2 fully saturated rings. The van der Waals surface area contributed by atoms with E-state index in [0.29, 0.717) is 13.0 Å². The lowest BCUT2D eigenvalue weighted by molar-refractivity contribution is -0.120. The highest BCUT2D eigenvalue weighted by Crippen LogP contribution is 2.16. The minimum Gasteiger partial charge on any atom is -0.379 e. The Hall–Kier alpha value is -1.02. The second-order valence-electron chi connectivity index (χ2n) is 6.20. The number of hydrogen-bond donors (Lipinski definition) is 1. The van der Waals surface area contributed by atoms with Crippen molar-refractivity contribution in [2.75, 3.05) is 52.5 Å².